The minimum atomic E-state index is -0.341. The summed E-state index contributed by atoms with van der Waals surface area (Å²) in [4.78, 5) is 24.1. The van der Waals surface area contributed by atoms with Crippen LogP contribution >= 0.6 is 11.6 Å². The van der Waals surface area contributed by atoms with E-state index in [-0.39, 0.29) is 18.4 Å². The molecule has 0 aliphatic carbocycles. The molecule has 3 aromatic rings. The zero-order chi connectivity index (χ0) is 19.9. The van der Waals surface area contributed by atoms with Gasteiger partial charge in [-0.3, -0.25) is 9.59 Å². The molecular weight excluding hydrogens is 376 g/mol. The van der Waals surface area contributed by atoms with Crippen LogP contribution in [0.5, 0.6) is 5.75 Å². The topological polar surface area (TPSA) is 67.4 Å². The number of hydrogen-bond donors (Lipinski definition) is 2. The number of fused-ring (bicyclic) bond motifs is 1. The Labute approximate surface area is 168 Å². The number of carbonyl (C=O) groups excluding carboxylic acids is 2. The second-order valence-electron chi connectivity index (χ2n) is 6.31. The zero-order valence-electron chi connectivity index (χ0n) is 15.5. The molecule has 2 amide bonds. The average molecular weight is 397 g/mol. The van der Waals surface area contributed by atoms with Crippen LogP contribution in [0.1, 0.15) is 19.8 Å². The van der Waals surface area contributed by atoms with Crippen molar-refractivity contribution in [1.82, 2.24) is 0 Å². The maximum Gasteiger partial charge on any atom is 0.262 e. The van der Waals surface area contributed by atoms with Gasteiger partial charge in [-0.05, 0) is 36.1 Å². The molecule has 0 saturated carbocycles. The molecule has 0 atom stereocenters. The average Bonchev–Trinajstić information content (AvgIpc) is 2.69. The van der Waals surface area contributed by atoms with Gasteiger partial charge in [0.1, 0.15) is 5.75 Å². The van der Waals surface area contributed by atoms with Gasteiger partial charge in [-0.2, -0.15) is 0 Å². The van der Waals surface area contributed by atoms with Crippen LogP contribution in [0.3, 0.4) is 0 Å². The third-order valence-electron chi connectivity index (χ3n) is 4.11. The largest absolute Gasteiger partial charge is 0.483 e. The van der Waals surface area contributed by atoms with Gasteiger partial charge in [-0.25, -0.2) is 0 Å². The maximum absolute atomic E-state index is 12.3. The summed E-state index contributed by atoms with van der Waals surface area (Å²) in [5.74, 6) is 0.216. The molecule has 0 aromatic heterocycles. The summed E-state index contributed by atoms with van der Waals surface area (Å²) in [5, 5.41) is 7.87. The fraction of sp³-hybridized carbons (Fsp3) is 0.182. The molecule has 28 heavy (non-hydrogen) atoms. The van der Waals surface area contributed by atoms with Crippen molar-refractivity contribution in [2.75, 3.05) is 17.2 Å². The summed E-state index contributed by atoms with van der Waals surface area (Å²) >= 11 is 6.17. The molecule has 0 bridgehead atoms. The lowest BCUT2D eigenvalue weighted by Gasteiger charge is -2.12. The highest BCUT2D eigenvalue weighted by molar-refractivity contribution is 6.33. The number of anilines is 2. The third kappa shape index (κ3) is 5.02. The Bertz CT molecular complexity index is 999. The molecule has 0 fully saturated rings. The highest BCUT2D eigenvalue weighted by Crippen LogP contribution is 2.27. The van der Waals surface area contributed by atoms with E-state index in [9.17, 15) is 9.59 Å². The number of nitrogens with one attached hydrogen (secondary N) is 2. The lowest BCUT2D eigenvalue weighted by atomic mass is 10.1. The van der Waals surface area contributed by atoms with E-state index in [1.54, 1.807) is 18.2 Å². The van der Waals surface area contributed by atoms with Crippen molar-refractivity contribution in [3.63, 3.8) is 0 Å². The Morgan fingerprint density at radius 3 is 2.57 bits per heavy atom. The standard InChI is InChI=1S/C22H21ClN2O3/c1-2-6-21(26)24-16-11-12-18(23)19(13-16)25-22(27)14-28-20-10-5-8-15-7-3-4-9-17(15)20/h3-5,7-13H,2,6,14H2,1H3,(H,24,26)(H,25,27). The first-order chi connectivity index (χ1) is 13.6. The molecule has 0 aliphatic heterocycles. The number of halogens is 1. The van der Waals surface area contributed by atoms with Crippen molar-refractivity contribution >= 4 is 45.6 Å². The third-order valence-corrected chi connectivity index (χ3v) is 4.44. The Balaban J connectivity index is 1.65. The highest BCUT2D eigenvalue weighted by atomic mass is 35.5. The summed E-state index contributed by atoms with van der Waals surface area (Å²) < 4.78 is 5.70. The van der Waals surface area contributed by atoms with Crippen LogP contribution in [0.2, 0.25) is 5.02 Å². The summed E-state index contributed by atoms with van der Waals surface area (Å²) in [5.41, 5.74) is 0.996. The number of ether oxygens (including phenoxy) is 1. The monoisotopic (exact) mass is 396 g/mol. The normalized spacial score (nSPS) is 10.5. The van der Waals surface area contributed by atoms with Crippen LogP contribution in [0.15, 0.2) is 60.7 Å². The first kappa shape index (κ1) is 19.7. The van der Waals surface area contributed by atoms with Gasteiger partial charge in [0.25, 0.3) is 5.91 Å². The second-order valence-corrected chi connectivity index (χ2v) is 6.71. The first-order valence-electron chi connectivity index (χ1n) is 9.06. The van der Waals surface area contributed by atoms with Gasteiger partial charge in [-0.1, -0.05) is 54.9 Å². The van der Waals surface area contributed by atoms with Crippen LogP contribution in [0.4, 0.5) is 11.4 Å². The molecule has 0 aliphatic rings. The van der Waals surface area contributed by atoms with E-state index >= 15 is 0 Å². The van der Waals surface area contributed by atoms with Gasteiger partial charge in [-0.15, -0.1) is 0 Å². The smallest absolute Gasteiger partial charge is 0.262 e. The SMILES string of the molecule is CCCC(=O)Nc1ccc(Cl)c(NC(=O)COc2cccc3ccccc23)c1. The summed E-state index contributed by atoms with van der Waals surface area (Å²) in [6.07, 6.45) is 1.19. The fourth-order valence-electron chi connectivity index (χ4n) is 2.80. The minimum absolute atomic E-state index is 0.0820. The predicted molar refractivity (Wildman–Crippen MR) is 113 cm³/mol. The molecule has 2 N–H and O–H groups in total. The maximum atomic E-state index is 12.3. The van der Waals surface area contributed by atoms with Crippen molar-refractivity contribution in [2.24, 2.45) is 0 Å². The van der Waals surface area contributed by atoms with E-state index in [0.29, 0.717) is 28.6 Å². The van der Waals surface area contributed by atoms with Crippen molar-refractivity contribution in [3.8, 4) is 5.75 Å². The van der Waals surface area contributed by atoms with Crippen LogP contribution in [-0.4, -0.2) is 18.4 Å². The fourth-order valence-corrected chi connectivity index (χ4v) is 2.97. The van der Waals surface area contributed by atoms with E-state index in [4.69, 9.17) is 16.3 Å². The van der Waals surface area contributed by atoms with Crippen molar-refractivity contribution in [3.05, 3.63) is 65.7 Å². The Morgan fingerprint density at radius 1 is 0.964 bits per heavy atom. The summed E-state index contributed by atoms with van der Waals surface area (Å²) in [6.45, 7) is 1.78. The second kappa shape index (κ2) is 9.24. The van der Waals surface area contributed by atoms with Gasteiger partial charge < -0.3 is 15.4 Å². The van der Waals surface area contributed by atoms with E-state index in [0.717, 1.165) is 17.2 Å². The summed E-state index contributed by atoms with van der Waals surface area (Å²) in [7, 11) is 0. The van der Waals surface area contributed by atoms with Crippen molar-refractivity contribution < 1.29 is 14.3 Å². The lowest BCUT2D eigenvalue weighted by Crippen LogP contribution is -2.20. The highest BCUT2D eigenvalue weighted by Gasteiger charge is 2.10. The zero-order valence-corrected chi connectivity index (χ0v) is 16.3. The molecule has 3 aromatic carbocycles. The van der Waals surface area contributed by atoms with E-state index in [1.165, 1.54) is 0 Å². The molecule has 0 spiro atoms. The van der Waals surface area contributed by atoms with Crippen LogP contribution < -0.4 is 15.4 Å². The van der Waals surface area contributed by atoms with Crippen molar-refractivity contribution in [1.29, 1.82) is 0 Å². The quantitative estimate of drug-likeness (QED) is 0.573. The molecule has 0 heterocycles. The Morgan fingerprint density at radius 2 is 1.75 bits per heavy atom. The minimum Gasteiger partial charge on any atom is -0.483 e. The molecular formula is C22H21ClN2O3. The molecule has 6 heteroatoms. The number of amides is 2. The molecule has 5 nitrogen and oxygen atoms in total. The van der Waals surface area contributed by atoms with Crippen LogP contribution in [0.25, 0.3) is 10.8 Å². The number of hydrogen-bond acceptors (Lipinski definition) is 3. The summed E-state index contributed by atoms with van der Waals surface area (Å²) in [6, 6.07) is 18.5. The van der Waals surface area contributed by atoms with E-state index in [2.05, 4.69) is 10.6 Å². The van der Waals surface area contributed by atoms with Gasteiger partial charge >= 0.3 is 0 Å². The van der Waals surface area contributed by atoms with E-state index in [1.807, 2.05) is 49.4 Å². The predicted octanol–water partition coefficient (Wildman–Crippen LogP) is 5.25. The van der Waals surface area contributed by atoms with Gasteiger partial charge in [0.2, 0.25) is 5.91 Å². The number of carbonyl (C=O) groups is 2. The van der Waals surface area contributed by atoms with Crippen molar-refractivity contribution in [2.45, 2.75) is 19.8 Å². The number of rotatable bonds is 7. The van der Waals surface area contributed by atoms with Crippen LogP contribution in [0, 0.1) is 0 Å². The first-order valence-corrected chi connectivity index (χ1v) is 9.44. The van der Waals surface area contributed by atoms with Gasteiger partial charge in [0, 0.05) is 17.5 Å². The van der Waals surface area contributed by atoms with E-state index < -0.39 is 0 Å². The molecule has 0 radical (unpaired) electrons. The lowest BCUT2D eigenvalue weighted by molar-refractivity contribution is -0.118. The van der Waals surface area contributed by atoms with Crippen LogP contribution in [-0.2, 0) is 9.59 Å². The molecule has 144 valence electrons. The number of benzene rings is 3. The Hall–Kier alpha value is -3.05. The molecule has 3 rings (SSSR count). The molecule has 0 unspecified atom stereocenters. The van der Waals surface area contributed by atoms with Gasteiger partial charge in [0.15, 0.2) is 6.61 Å². The van der Waals surface area contributed by atoms with Gasteiger partial charge in [0.05, 0.1) is 10.7 Å². The Kier molecular flexibility index (Phi) is 6.50. The molecule has 0 saturated heterocycles.